The lowest BCUT2D eigenvalue weighted by Crippen LogP contribution is -2.42. The van der Waals surface area contributed by atoms with Gasteiger partial charge in [-0.1, -0.05) is 19.9 Å². The number of hydrogen-bond donors (Lipinski definition) is 0. The Bertz CT molecular complexity index is 565. The number of aromatic nitrogens is 1. The van der Waals surface area contributed by atoms with Gasteiger partial charge in [0.1, 0.15) is 11.4 Å². The third-order valence-electron chi connectivity index (χ3n) is 4.79. The van der Waals surface area contributed by atoms with E-state index in [2.05, 4.69) is 29.8 Å². The van der Waals surface area contributed by atoms with Gasteiger partial charge in [0, 0.05) is 18.3 Å². The van der Waals surface area contributed by atoms with Crippen molar-refractivity contribution >= 4 is 11.9 Å². The van der Waals surface area contributed by atoms with E-state index in [9.17, 15) is 4.79 Å². The molecule has 2 heterocycles. The normalized spacial score (nSPS) is 19.7. The molecule has 0 radical (unpaired) electrons. The molecular formula is C20H33N3O2. The summed E-state index contributed by atoms with van der Waals surface area (Å²) in [7, 11) is 0. The average molecular weight is 348 g/mol. The maximum absolute atomic E-state index is 12.7. The summed E-state index contributed by atoms with van der Waals surface area (Å²) in [6.45, 7) is 14.2. The van der Waals surface area contributed by atoms with Crippen LogP contribution in [0.2, 0.25) is 0 Å². The molecule has 1 aliphatic rings. The van der Waals surface area contributed by atoms with Gasteiger partial charge in [0.2, 0.25) is 0 Å². The number of likely N-dealkylation sites (tertiary alicyclic amines) is 1. The zero-order chi connectivity index (χ0) is 18.6. The zero-order valence-corrected chi connectivity index (χ0v) is 16.6. The molecule has 0 N–H and O–H groups in total. The second-order valence-electron chi connectivity index (χ2n) is 7.84. The fourth-order valence-corrected chi connectivity index (χ4v) is 3.31. The number of ether oxygens (including phenoxy) is 1. The largest absolute Gasteiger partial charge is 0.443 e. The molecule has 5 heteroatoms. The van der Waals surface area contributed by atoms with E-state index < -0.39 is 5.60 Å². The Hall–Kier alpha value is -1.62. The monoisotopic (exact) mass is 347 g/mol. The Balaban J connectivity index is 2.22. The first-order chi connectivity index (χ1) is 11.8. The molecule has 1 amide bonds. The Morgan fingerprint density at radius 1 is 1.40 bits per heavy atom. The summed E-state index contributed by atoms with van der Waals surface area (Å²) < 4.78 is 5.58. The van der Waals surface area contributed by atoms with Crippen LogP contribution in [0.5, 0.6) is 0 Å². The van der Waals surface area contributed by atoms with Crippen LogP contribution in [0.25, 0.3) is 0 Å². The van der Waals surface area contributed by atoms with Crippen molar-refractivity contribution in [2.45, 2.75) is 78.5 Å². The van der Waals surface area contributed by atoms with E-state index in [-0.39, 0.29) is 12.1 Å². The van der Waals surface area contributed by atoms with Gasteiger partial charge in [-0.3, -0.25) is 9.80 Å². The van der Waals surface area contributed by atoms with E-state index >= 15 is 0 Å². The number of pyridine rings is 1. The van der Waals surface area contributed by atoms with Crippen molar-refractivity contribution < 1.29 is 9.53 Å². The van der Waals surface area contributed by atoms with E-state index in [1.54, 1.807) is 4.90 Å². The highest BCUT2D eigenvalue weighted by molar-refractivity contribution is 5.87. The summed E-state index contributed by atoms with van der Waals surface area (Å²) in [5.41, 5.74) is 0.713. The summed E-state index contributed by atoms with van der Waals surface area (Å²) in [5, 5.41) is 0. The molecular weight excluding hydrogens is 314 g/mol. The minimum atomic E-state index is -0.520. The number of carbonyl (C=O) groups excluding carboxylic acids is 1. The van der Waals surface area contributed by atoms with Crippen molar-refractivity contribution in [1.82, 2.24) is 9.88 Å². The summed E-state index contributed by atoms with van der Waals surface area (Å²) in [5.74, 6) is 0.661. The van der Waals surface area contributed by atoms with E-state index in [1.165, 1.54) is 18.4 Å². The van der Waals surface area contributed by atoms with Crippen LogP contribution in [0.1, 0.15) is 72.4 Å². The van der Waals surface area contributed by atoms with Crippen LogP contribution in [-0.4, -0.2) is 40.7 Å². The molecule has 1 fully saturated rings. The molecule has 0 aromatic carbocycles. The molecule has 5 nitrogen and oxygen atoms in total. The Morgan fingerprint density at radius 3 is 2.64 bits per heavy atom. The van der Waals surface area contributed by atoms with Crippen LogP contribution in [0.15, 0.2) is 18.3 Å². The second-order valence-corrected chi connectivity index (χ2v) is 7.84. The summed E-state index contributed by atoms with van der Waals surface area (Å²) in [6, 6.07) is 4.55. The lowest BCUT2D eigenvalue weighted by atomic mass is 10.1. The highest BCUT2D eigenvalue weighted by Gasteiger charge is 2.29. The topological polar surface area (TPSA) is 45.7 Å². The second kappa shape index (κ2) is 8.17. The molecule has 25 heavy (non-hydrogen) atoms. The molecule has 0 aliphatic carbocycles. The van der Waals surface area contributed by atoms with E-state index in [0.29, 0.717) is 11.9 Å². The predicted molar refractivity (Wildman–Crippen MR) is 102 cm³/mol. The molecule has 0 saturated carbocycles. The number of nitrogens with zero attached hydrogens (tertiary/aromatic N) is 3. The number of carbonyl (C=O) groups is 1. The molecule has 140 valence electrons. The molecule has 2 atom stereocenters. The Kier molecular flexibility index (Phi) is 6.44. The predicted octanol–water partition coefficient (Wildman–Crippen LogP) is 4.78. The van der Waals surface area contributed by atoms with Gasteiger partial charge in [-0.2, -0.15) is 0 Å². The van der Waals surface area contributed by atoms with E-state index in [1.807, 2.05) is 40.0 Å². The van der Waals surface area contributed by atoms with Gasteiger partial charge in [-0.15, -0.1) is 0 Å². The van der Waals surface area contributed by atoms with Crippen LogP contribution in [-0.2, 0) is 4.74 Å². The summed E-state index contributed by atoms with van der Waals surface area (Å²) in [6.07, 6.45) is 4.84. The summed E-state index contributed by atoms with van der Waals surface area (Å²) in [4.78, 5) is 21.4. The molecule has 1 saturated heterocycles. The van der Waals surface area contributed by atoms with Gasteiger partial charge in [0.25, 0.3) is 0 Å². The average Bonchev–Trinajstić information content (AvgIpc) is 3.02. The quantitative estimate of drug-likeness (QED) is 0.769. The smallest absolute Gasteiger partial charge is 0.416 e. The zero-order valence-electron chi connectivity index (χ0n) is 16.6. The fourth-order valence-electron chi connectivity index (χ4n) is 3.31. The van der Waals surface area contributed by atoms with Crippen LogP contribution in [0.3, 0.4) is 0 Å². The molecule has 0 unspecified atom stereocenters. The summed E-state index contributed by atoms with van der Waals surface area (Å²) >= 11 is 0. The molecule has 0 spiro atoms. The van der Waals surface area contributed by atoms with Crippen molar-refractivity contribution in [3.05, 3.63) is 23.9 Å². The van der Waals surface area contributed by atoms with E-state index in [0.717, 1.165) is 19.5 Å². The molecule has 1 aromatic rings. The van der Waals surface area contributed by atoms with Gasteiger partial charge in [-0.25, -0.2) is 9.78 Å². The molecule has 1 aliphatic heterocycles. The maximum atomic E-state index is 12.7. The van der Waals surface area contributed by atoms with Gasteiger partial charge < -0.3 is 4.74 Å². The number of amides is 1. The van der Waals surface area contributed by atoms with Gasteiger partial charge in [-0.05, 0) is 71.7 Å². The Labute approximate surface area is 152 Å². The van der Waals surface area contributed by atoms with Crippen molar-refractivity contribution in [2.24, 2.45) is 0 Å². The van der Waals surface area contributed by atoms with Crippen molar-refractivity contribution in [3.63, 3.8) is 0 Å². The standard InChI is InChI=1S/C20H33N3O2/c1-7-15(3)23(19(24)25-20(4,5)6)18-12-11-16(14-21-18)17-10-9-13-22(17)8-2/h11-12,14-15,17H,7-10,13H2,1-6H3/t15-,17-/m0/s1. The first kappa shape index (κ1) is 19.7. The van der Waals surface area contributed by atoms with Crippen LogP contribution < -0.4 is 4.90 Å². The minimum Gasteiger partial charge on any atom is -0.443 e. The van der Waals surface area contributed by atoms with Crippen LogP contribution in [0.4, 0.5) is 10.6 Å². The highest BCUT2D eigenvalue weighted by atomic mass is 16.6. The number of hydrogen-bond acceptors (Lipinski definition) is 4. The van der Waals surface area contributed by atoms with Crippen molar-refractivity contribution in [2.75, 3.05) is 18.0 Å². The molecule has 1 aromatic heterocycles. The van der Waals surface area contributed by atoms with Crippen molar-refractivity contribution in [3.8, 4) is 0 Å². The van der Waals surface area contributed by atoms with Crippen LogP contribution in [0, 0.1) is 0 Å². The lowest BCUT2D eigenvalue weighted by molar-refractivity contribution is 0.0566. The highest BCUT2D eigenvalue weighted by Crippen LogP contribution is 2.32. The number of anilines is 1. The Morgan fingerprint density at radius 2 is 2.12 bits per heavy atom. The van der Waals surface area contributed by atoms with Crippen molar-refractivity contribution in [1.29, 1.82) is 0 Å². The fraction of sp³-hybridized carbons (Fsp3) is 0.700. The maximum Gasteiger partial charge on any atom is 0.416 e. The van der Waals surface area contributed by atoms with Crippen LogP contribution >= 0.6 is 0 Å². The van der Waals surface area contributed by atoms with Gasteiger partial charge >= 0.3 is 6.09 Å². The first-order valence-corrected chi connectivity index (χ1v) is 9.49. The lowest BCUT2D eigenvalue weighted by Gasteiger charge is -2.31. The molecule has 2 rings (SSSR count). The van der Waals surface area contributed by atoms with E-state index in [4.69, 9.17) is 4.74 Å². The minimum absolute atomic E-state index is 0.0341. The number of rotatable bonds is 5. The van der Waals surface area contributed by atoms with Gasteiger partial charge in [0.05, 0.1) is 0 Å². The van der Waals surface area contributed by atoms with Gasteiger partial charge in [0.15, 0.2) is 0 Å². The SMILES string of the molecule is CC[C@H](C)N(C(=O)OC(C)(C)C)c1ccc([C@@H]2CCCN2CC)cn1. The third-order valence-corrected chi connectivity index (χ3v) is 4.79. The molecule has 0 bridgehead atoms. The first-order valence-electron chi connectivity index (χ1n) is 9.49. The third kappa shape index (κ3) is 4.94.